The van der Waals surface area contributed by atoms with Crippen LogP contribution in [0, 0.1) is 0 Å². The molecule has 1 fully saturated rings. The molecule has 104 valence electrons. The molecule has 1 aliphatic heterocycles. The highest BCUT2D eigenvalue weighted by molar-refractivity contribution is 7.99. The van der Waals surface area contributed by atoms with Crippen molar-refractivity contribution in [3.8, 4) is 5.75 Å². The Bertz CT molecular complexity index is 524. The molecule has 1 unspecified atom stereocenters. The van der Waals surface area contributed by atoms with Crippen LogP contribution in [0.5, 0.6) is 5.75 Å². The van der Waals surface area contributed by atoms with Crippen LogP contribution < -0.4 is 10.1 Å². The summed E-state index contributed by atoms with van der Waals surface area (Å²) in [6.07, 6.45) is 2.65. The maximum atomic E-state index is 5.76. The lowest BCUT2D eigenvalue weighted by Crippen LogP contribution is -2.14. The average molecular weight is 286 g/mol. The van der Waals surface area contributed by atoms with Gasteiger partial charge in [0.1, 0.15) is 5.75 Å². The molecule has 3 rings (SSSR count). The average Bonchev–Trinajstić information content (AvgIpc) is 3.03. The van der Waals surface area contributed by atoms with Gasteiger partial charge in [0, 0.05) is 36.0 Å². The molecule has 2 heterocycles. The summed E-state index contributed by atoms with van der Waals surface area (Å²) in [5.41, 5.74) is 2.41. The van der Waals surface area contributed by atoms with E-state index in [0.717, 1.165) is 29.5 Å². The summed E-state index contributed by atoms with van der Waals surface area (Å²) in [5, 5.41) is 3.47. The minimum atomic E-state index is 0.488. The molecule has 1 aromatic carbocycles. The maximum absolute atomic E-state index is 5.76. The van der Waals surface area contributed by atoms with Crippen LogP contribution in [0.15, 0.2) is 48.7 Å². The normalized spacial score (nSPS) is 18.1. The first-order chi connectivity index (χ1) is 9.92. The van der Waals surface area contributed by atoms with Gasteiger partial charge < -0.3 is 10.1 Å². The highest BCUT2D eigenvalue weighted by Crippen LogP contribution is 2.25. The van der Waals surface area contributed by atoms with Crippen molar-refractivity contribution in [2.45, 2.75) is 12.5 Å². The van der Waals surface area contributed by atoms with Crippen molar-refractivity contribution in [2.24, 2.45) is 0 Å². The summed E-state index contributed by atoms with van der Waals surface area (Å²) in [6.45, 7) is 0.661. The Morgan fingerprint density at radius 2 is 2.10 bits per heavy atom. The number of aromatic nitrogens is 1. The number of ether oxygens (including phenoxy) is 1. The van der Waals surface area contributed by atoms with E-state index in [1.807, 2.05) is 36.2 Å². The third-order valence-corrected chi connectivity index (χ3v) is 4.29. The second-order valence-electron chi connectivity index (χ2n) is 4.76. The number of thioether (sulfide) groups is 1. The van der Waals surface area contributed by atoms with Crippen LogP contribution >= 0.6 is 11.8 Å². The Labute approximate surface area is 123 Å². The van der Waals surface area contributed by atoms with Crippen LogP contribution in [0.2, 0.25) is 0 Å². The molecule has 4 heteroatoms. The molecule has 0 aliphatic carbocycles. The van der Waals surface area contributed by atoms with Crippen molar-refractivity contribution in [3.05, 3.63) is 59.9 Å². The van der Waals surface area contributed by atoms with Gasteiger partial charge in [0.15, 0.2) is 0 Å². The van der Waals surface area contributed by atoms with Crippen LogP contribution in [0.25, 0.3) is 0 Å². The van der Waals surface area contributed by atoms with Gasteiger partial charge in [-0.05, 0) is 29.8 Å². The van der Waals surface area contributed by atoms with Gasteiger partial charge in [0.2, 0.25) is 0 Å². The number of benzene rings is 1. The molecule has 1 N–H and O–H groups in total. The molecule has 0 amide bonds. The fraction of sp³-hybridized carbons (Fsp3) is 0.312. The lowest BCUT2D eigenvalue weighted by atomic mass is 10.1. The second-order valence-corrected chi connectivity index (χ2v) is 5.79. The SMILES string of the molecule is c1ccc(CCOc2ccc(C3CSCN3)cc2)nc1. The van der Waals surface area contributed by atoms with Crippen molar-refractivity contribution in [1.29, 1.82) is 0 Å². The van der Waals surface area contributed by atoms with Crippen LogP contribution in [0.4, 0.5) is 0 Å². The predicted octanol–water partition coefficient (Wildman–Crippen LogP) is 3.04. The molecule has 0 bridgehead atoms. The van der Waals surface area contributed by atoms with Crippen LogP contribution in [-0.4, -0.2) is 23.2 Å². The zero-order chi connectivity index (χ0) is 13.6. The Hall–Kier alpha value is -1.52. The molecule has 0 radical (unpaired) electrons. The van der Waals surface area contributed by atoms with E-state index >= 15 is 0 Å². The van der Waals surface area contributed by atoms with Gasteiger partial charge in [0.25, 0.3) is 0 Å². The van der Waals surface area contributed by atoms with Crippen molar-refractivity contribution < 1.29 is 4.74 Å². The predicted molar refractivity (Wildman–Crippen MR) is 83.1 cm³/mol. The molecule has 2 aromatic rings. The van der Waals surface area contributed by atoms with Gasteiger partial charge in [-0.2, -0.15) is 0 Å². The third-order valence-electron chi connectivity index (χ3n) is 3.35. The van der Waals surface area contributed by atoms with Crippen LogP contribution in [0.1, 0.15) is 17.3 Å². The summed E-state index contributed by atoms with van der Waals surface area (Å²) in [5.74, 6) is 3.13. The quantitative estimate of drug-likeness (QED) is 0.916. The first-order valence-electron chi connectivity index (χ1n) is 6.85. The highest BCUT2D eigenvalue weighted by Gasteiger charge is 2.16. The lowest BCUT2D eigenvalue weighted by Gasteiger charge is -2.11. The summed E-state index contributed by atoms with van der Waals surface area (Å²) >= 11 is 1.94. The minimum Gasteiger partial charge on any atom is -0.493 e. The highest BCUT2D eigenvalue weighted by atomic mass is 32.2. The van der Waals surface area contributed by atoms with Crippen molar-refractivity contribution in [3.63, 3.8) is 0 Å². The number of hydrogen-bond donors (Lipinski definition) is 1. The summed E-state index contributed by atoms with van der Waals surface area (Å²) in [6, 6.07) is 14.9. The molecule has 0 spiro atoms. The van der Waals surface area contributed by atoms with E-state index in [9.17, 15) is 0 Å². The fourth-order valence-corrected chi connectivity index (χ4v) is 3.21. The molecule has 20 heavy (non-hydrogen) atoms. The summed E-state index contributed by atoms with van der Waals surface area (Å²) in [4.78, 5) is 4.29. The van der Waals surface area contributed by atoms with E-state index in [-0.39, 0.29) is 0 Å². The van der Waals surface area contributed by atoms with Crippen molar-refractivity contribution >= 4 is 11.8 Å². The number of rotatable bonds is 5. The number of hydrogen-bond acceptors (Lipinski definition) is 4. The van der Waals surface area contributed by atoms with E-state index < -0.39 is 0 Å². The van der Waals surface area contributed by atoms with Gasteiger partial charge in [-0.3, -0.25) is 4.98 Å². The smallest absolute Gasteiger partial charge is 0.119 e. The molecule has 1 aromatic heterocycles. The van der Waals surface area contributed by atoms with E-state index in [4.69, 9.17) is 4.74 Å². The fourth-order valence-electron chi connectivity index (χ4n) is 2.23. The monoisotopic (exact) mass is 286 g/mol. The Kier molecular flexibility index (Phi) is 4.56. The second kappa shape index (κ2) is 6.77. The molecule has 3 nitrogen and oxygen atoms in total. The zero-order valence-corrected chi connectivity index (χ0v) is 12.1. The third kappa shape index (κ3) is 3.52. The topological polar surface area (TPSA) is 34.1 Å². The molecular formula is C16H18N2OS. The largest absolute Gasteiger partial charge is 0.493 e. The van der Waals surface area contributed by atoms with Gasteiger partial charge in [-0.25, -0.2) is 0 Å². The van der Waals surface area contributed by atoms with E-state index in [0.29, 0.717) is 12.6 Å². The van der Waals surface area contributed by atoms with E-state index in [1.165, 1.54) is 5.56 Å². The molecule has 1 saturated heterocycles. The zero-order valence-electron chi connectivity index (χ0n) is 11.3. The van der Waals surface area contributed by atoms with Gasteiger partial charge in [-0.1, -0.05) is 18.2 Å². The molecule has 1 atom stereocenters. The van der Waals surface area contributed by atoms with Crippen molar-refractivity contribution in [1.82, 2.24) is 10.3 Å². The summed E-state index contributed by atoms with van der Waals surface area (Å²) < 4.78 is 5.76. The number of nitrogens with one attached hydrogen (secondary N) is 1. The molecule has 0 saturated carbocycles. The Morgan fingerprint density at radius 1 is 1.20 bits per heavy atom. The Balaban J connectivity index is 1.50. The standard InChI is InChI=1S/C16H18N2OS/c1-2-9-17-14(3-1)8-10-19-15-6-4-13(5-7-15)16-11-20-12-18-16/h1-7,9,16,18H,8,10-12H2. The summed E-state index contributed by atoms with van der Waals surface area (Å²) in [7, 11) is 0. The van der Waals surface area contributed by atoms with E-state index in [1.54, 1.807) is 0 Å². The van der Waals surface area contributed by atoms with Crippen LogP contribution in [-0.2, 0) is 6.42 Å². The first-order valence-corrected chi connectivity index (χ1v) is 8.01. The lowest BCUT2D eigenvalue weighted by molar-refractivity contribution is 0.320. The number of nitrogens with zero attached hydrogens (tertiary/aromatic N) is 1. The minimum absolute atomic E-state index is 0.488. The van der Waals surface area contributed by atoms with Gasteiger partial charge >= 0.3 is 0 Å². The van der Waals surface area contributed by atoms with Gasteiger partial charge in [0.05, 0.1) is 6.61 Å². The number of pyridine rings is 1. The molecule has 1 aliphatic rings. The van der Waals surface area contributed by atoms with E-state index in [2.05, 4.69) is 34.6 Å². The van der Waals surface area contributed by atoms with Gasteiger partial charge in [-0.15, -0.1) is 11.8 Å². The molecular weight excluding hydrogens is 268 g/mol. The maximum Gasteiger partial charge on any atom is 0.119 e. The first kappa shape index (κ1) is 13.5. The van der Waals surface area contributed by atoms with Crippen molar-refractivity contribution in [2.75, 3.05) is 18.2 Å². The van der Waals surface area contributed by atoms with Crippen LogP contribution in [0.3, 0.4) is 0 Å². The Morgan fingerprint density at radius 3 is 2.80 bits per heavy atom.